The van der Waals surface area contributed by atoms with Gasteiger partial charge in [0.1, 0.15) is 11.8 Å². The predicted octanol–water partition coefficient (Wildman–Crippen LogP) is 2.49. The molecule has 2 aromatic rings. The minimum absolute atomic E-state index is 0.0238. The Labute approximate surface area is 176 Å². The van der Waals surface area contributed by atoms with Gasteiger partial charge in [-0.15, -0.1) is 0 Å². The fraction of sp³-hybridized carbons (Fsp3) is 0.333. The van der Waals surface area contributed by atoms with E-state index in [1.165, 1.54) is 45.2 Å². The van der Waals surface area contributed by atoms with Crippen molar-refractivity contribution in [3.63, 3.8) is 0 Å². The summed E-state index contributed by atoms with van der Waals surface area (Å²) < 4.78 is 37.2. The van der Waals surface area contributed by atoms with Gasteiger partial charge in [-0.3, -0.25) is 9.59 Å². The van der Waals surface area contributed by atoms with Gasteiger partial charge in [0.25, 0.3) is 5.91 Å². The number of carbonyl (C=O) groups is 2. The monoisotopic (exact) mass is 434 g/mol. The largest absolute Gasteiger partial charge is 0.497 e. The molecule has 8 nitrogen and oxygen atoms in total. The SMILES string of the molecule is CCc1ccc(NC(=O)[C@@H](C)OC(=O)[C@H](C)NS(=O)(=O)c2ccc(OC)cc2)cc1. The first-order chi connectivity index (χ1) is 14.2. The van der Waals surface area contributed by atoms with Crippen LogP contribution in [0.25, 0.3) is 0 Å². The van der Waals surface area contributed by atoms with Crippen LogP contribution < -0.4 is 14.8 Å². The molecule has 0 aliphatic carbocycles. The van der Waals surface area contributed by atoms with E-state index in [0.29, 0.717) is 11.4 Å². The Balaban J connectivity index is 1.93. The molecule has 2 aromatic carbocycles. The van der Waals surface area contributed by atoms with E-state index in [2.05, 4.69) is 10.0 Å². The highest BCUT2D eigenvalue weighted by Crippen LogP contribution is 2.16. The number of nitrogens with one attached hydrogen (secondary N) is 2. The highest BCUT2D eigenvalue weighted by Gasteiger charge is 2.26. The maximum Gasteiger partial charge on any atom is 0.324 e. The van der Waals surface area contributed by atoms with Gasteiger partial charge in [0.05, 0.1) is 12.0 Å². The highest BCUT2D eigenvalue weighted by molar-refractivity contribution is 7.89. The quantitative estimate of drug-likeness (QED) is 0.587. The molecule has 0 saturated carbocycles. The summed E-state index contributed by atoms with van der Waals surface area (Å²) in [6.07, 6.45) is -0.219. The molecule has 0 unspecified atom stereocenters. The molecule has 0 aliphatic heterocycles. The second-order valence-electron chi connectivity index (χ2n) is 6.64. The summed E-state index contributed by atoms with van der Waals surface area (Å²) in [5.41, 5.74) is 1.71. The fourth-order valence-corrected chi connectivity index (χ4v) is 3.69. The Morgan fingerprint density at radius 3 is 2.13 bits per heavy atom. The van der Waals surface area contributed by atoms with E-state index in [-0.39, 0.29) is 4.90 Å². The molecule has 0 saturated heterocycles. The summed E-state index contributed by atoms with van der Waals surface area (Å²) in [7, 11) is -2.48. The zero-order valence-electron chi connectivity index (χ0n) is 17.3. The number of sulfonamides is 1. The third-order valence-corrected chi connectivity index (χ3v) is 5.90. The van der Waals surface area contributed by atoms with Gasteiger partial charge in [-0.2, -0.15) is 4.72 Å². The normalized spacial score (nSPS) is 13.2. The average Bonchev–Trinajstić information content (AvgIpc) is 2.73. The number of amides is 1. The maximum absolute atomic E-state index is 12.4. The van der Waals surface area contributed by atoms with Gasteiger partial charge in [-0.25, -0.2) is 8.42 Å². The van der Waals surface area contributed by atoms with Crippen LogP contribution in [-0.2, 0) is 30.8 Å². The Morgan fingerprint density at radius 2 is 1.60 bits per heavy atom. The van der Waals surface area contributed by atoms with Crippen molar-refractivity contribution < 1.29 is 27.5 Å². The zero-order chi connectivity index (χ0) is 22.3. The molecule has 2 N–H and O–H groups in total. The molecule has 0 bridgehead atoms. The lowest BCUT2D eigenvalue weighted by molar-refractivity contribution is -0.154. The zero-order valence-corrected chi connectivity index (χ0v) is 18.2. The Kier molecular flexibility index (Phi) is 7.96. The number of hydrogen-bond donors (Lipinski definition) is 2. The van der Waals surface area contributed by atoms with Crippen LogP contribution >= 0.6 is 0 Å². The third-order valence-electron chi connectivity index (χ3n) is 4.35. The van der Waals surface area contributed by atoms with Gasteiger partial charge in [-0.05, 0) is 62.2 Å². The molecular weight excluding hydrogens is 408 g/mol. The number of rotatable bonds is 9. The van der Waals surface area contributed by atoms with E-state index < -0.39 is 34.0 Å². The van der Waals surface area contributed by atoms with Crippen molar-refractivity contribution >= 4 is 27.6 Å². The topological polar surface area (TPSA) is 111 Å². The van der Waals surface area contributed by atoms with E-state index in [1.54, 1.807) is 12.1 Å². The van der Waals surface area contributed by atoms with E-state index >= 15 is 0 Å². The summed E-state index contributed by atoms with van der Waals surface area (Å²) in [5.74, 6) is -0.876. The molecular formula is C21H26N2O6S. The summed E-state index contributed by atoms with van der Waals surface area (Å²) in [5, 5.41) is 2.66. The number of aryl methyl sites for hydroxylation is 1. The summed E-state index contributed by atoms with van der Waals surface area (Å²) >= 11 is 0. The molecule has 1 amide bonds. The van der Waals surface area contributed by atoms with Crippen LogP contribution in [0.4, 0.5) is 5.69 Å². The number of benzene rings is 2. The maximum atomic E-state index is 12.4. The lowest BCUT2D eigenvalue weighted by Gasteiger charge is -2.18. The molecule has 0 fully saturated rings. The fourth-order valence-electron chi connectivity index (χ4n) is 2.50. The molecule has 2 atom stereocenters. The van der Waals surface area contributed by atoms with Crippen LogP contribution in [0.5, 0.6) is 5.75 Å². The van der Waals surface area contributed by atoms with Crippen molar-refractivity contribution in [3.8, 4) is 5.75 Å². The first-order valence-electron chi connectivity index (χ1n) is 9.43. The van der Waals surface area contributed by atoms with E-state index in [1.807, 2.05) is 19.1 Å². The molecule has 0 radical (unpaired) electrons. The minimum atomic E-state index is -3.95. The first-order valence-corrected chi connectivity index (χ1v) is 10.9. The lowest BCUT2D eigenvalue weighted by atomic mass is 10.1. The van der Waals surface area contributed by atoms with Gasteiger partial charge in [0.15, 0.2) is 6.10 Å². The van der Waals surface area contributed by atoms with Crippen molar-refractivity contribution in [3.05, 3.63) is 54.1 Å². The van der Waals surface area contributed by atoms with Gasteiger partial charge in [0, 0.05) is 5.69 Å². The van der Waals surface area contributed by atoms with Gasteiger partial charge < -0.3 is 14.8 Å². The van der Waals surface area contributed by atoms with Crippen LogP contribution in [-0.4, -0.2) is 39.5 Å². The first kappa shape index (κ1) is 23.4. The standard InChI is InChI=1S/C21H26N2O6S/c1-5-16-6-8-17(9-7-16)22-20(24)15(3)29-21(25)14(2)23-30(26,27)19-12-10-18(28-4)11-13-19/h6-15,23H,5H2,1-4H3,(H,22,24)/t14-,15+/m0/s1. The molecule has 2 rings (SSSR count). The van der Waals surface area contributed by atoms with E-state index in [4.69, 9.17) is 9.47 Å². The second kappa shape index (κ2) is 10.2. The average molecular weight is 435 g/mol. The summed E-state index contributed by atoms with van der Waals surface area (Å²) in [6.45, 7) is 4.79. The number of methoxy groups -OCH3 is 1. The van der Waals surface area contributed by atoms with Crippen LogP contribution in [0.3, 0.4) is 0 Å². The van der Waals surface area contributed by atoms with Crippen LogP contribution in [0, 0.1) is 0 Å². The molecule has 0 heterocycles. The molecule has 0 spiro atoms. The van der Waals surface area contributed by atoms with E-state index in [0.717, 1.165) is 12.0 Å². The number of carbonyl (C=O) groups excluding carboxylic acids is 2. The molecule has 0 aromatic heterocycles. The molecule has 9 heteroatoms. The van der Waals surface area contributed by atoms with Crippen LogP contribution in [0.15, 0.2) is 53.4 Å². The second-order valence-corrected chi connectivity index (χ2v) is 8.35. The third kappa shape index (κ3) is 6.30. The van der Waals surface area contributed by atoms with Crippen LogP contribution in [0.1, 0.15) is 26.3 Å². The highest BCUT2D eigenvalue weighted by atomic mass is 32.2. The molecule has 30 heavy (non-hydrogen) atoms. The molecule has 0 aliphatic rings. The number of ether oxygens (including phenoxy) is 2. The van der Waals surface area contributed by atoms with Crippen molar-refractivity contribution in [2.75, 3.05) is 12.4 Å². The smallest absolute Gasteiger partial charge is 0.324 e. The van der Waals surface area contributed by atoms with Gasteiger partial charge in [0.2, 0.25) is 10.0 Å². The van der Waals surface area contributed by atoms with Gasteiger partial charge >= 0.3 is 5.97 Å². The van der Waals surface area contributed by atoms with Crippen molar-refractivity contribution in [1.82, 2.24) is 4.72 Å². The lowest BCUT2D eigenvalue weighted by Crippen LogP contribution is -2.42. The van der Waals surface area contributed by atoms with Crippen molar-refractivity contribution in [2.24, 2.45) is 0 Å². The predicted molar refractivity (Wildman–Crippen MR) is 113 cm³/mol. The van der Waals surface area contributed by atoms with Crippen LogP contribution in [0.2, 0.25) is 0 Å². The van der Waals surface area contributed by atoms with Gasteiger partial charge in [-0.1, -0.05) is 19.1 Å². The minimum Gasteiger partial charge on any atom is -0.497 e. The number of hydrogen-bond acceptors (Lipinski definition) is 6. The Morgan fingerprint density at radius 1 is 1.00 bits per heavy atom. The molecule has 162 valence electrons. The Hall–Kier alpha value is -2.91. The van der Waals surface area contributed by atoms with E-state index in [9.17, 15) is 18.0 Å². The number of anilines is 1. The van der Waals surface area contributed by atoms with Crippen molar-refractivity contribution in [2.45, 2.75) is 44.2 Å². The van der Waals surface area contributed by atoms with Crippen molar-refractivity contribution in [1.29, 1.82) is 0 Å². The summed E-state index contributed by atoms with van der Waals surface area (Å²) in [6, 6.07) is 11.8. The Bertz CT molecular complexity index is 972. The number of esters is 1. The summed E-state index contributed by atoms with van der Waals surface area (Å²) in [4.78, 5) is 24.5.